The Balaban J connectivity index is 1.14. The van der Waals surface area contributed by atoms with E-state index in [2.05, 4.69) is 30.5 Å². The summed E-state index contributed by atoms with van der Waals surface area (Å²) in [5, 5.41) is 12.4. The van der Waals surface area contributed by atoms with Crippen LogP contribution >= 0.6 is 11.3 Å². The van der Waals surface area contributed by atoms with Gasteiger partial charge >= 0.3 is 0 Å². The highest BCUT2D eigenvalue weighted by Crippen LogP contribution is 2.35. The minimum Gasteiger partial charge on any atom is -0.419 e. The monoisotopic (exact) mass is 434 g/mol. The minimum absolute atomic E-state index is 0.0272. The summed E-state index contributed by atoms with van der Waals surface area (Å²) in [6.07, 6.45) is 8.80. The van der Waals surface area contributed by atoms with E-state index in [-0.39, 0.29) is 11.8 Å². The number of benzene rings is 1. The van der Waals surface area contributed by atoms with E-state index in [9.17, 15) is 4.79 Å². The number of aromatic nitrogens is 5. The molecule has 5 rings (SSSR count). The van der Waals surface area contributed by atoms with Crippen LogP contribution < -0.4 is 5.32 Å². The van der Waals surface area contributed by atoms with Crippen LogP contribution in [0.5, 0.6) is 0 Å². The highest BCUT2D eigenvalue weighted by molar-refractivity contribution is 7.18. The van der Waals surface area contributed by atoms with Crippen molar-refractivity contribution in [1.29, 1.82) is 0 Å². The zero-order chi connectivity index (χ0) is 21.2. The van der Waals surface area contributed by atoms with E-state index in [1.165, 1.54) is 0 Å². The quantitative estimate of drug-likeness (QED) is 0.503. The summed E-state index contributed by atoms with van der Waals surface area (Å²) in [6, 6.07) is 5.69. The Hall–Kier alpha value is -3.20. The summed E-state index contributed by atoms with van der Waals surface area (Å²) >= 11 is 1.61. The molecule has 8 nitrogen and oxygen atoms in total. The fourth-order valence-corrected chi connectivity index (χ4v) is 4.91. The van der Waals surface area contributed by atoms with Crippen LogP contribution in [-0.4, -0.2) is 37.6 Å². The molecule has 3 heterocycles. The van der Waals surface area contributed by atoms with E-state index in [1.54, 1.807) is 29.9 Å². The summed E-state index contributed by atoms with van der Waals surface area (Å²) < 4.78 is 6.89. The molecule has 0 atom stereocenters. The lowest BCUT2D eigenvalue weighted by atomic mass is 9.82. The average molecular weight is 435 g/mol. The van der Waals surface area contributed by atoms with E-state index >= 15 is 0 Å². The van der Waals surface area contributed by atoms with Gasteiger partial charge in [-0.15, -0.1) is 21.5 Å². The fraction of sp³-hybridized carbons (Fsp3) is 0.364. The molecule has 1 saturated carbocycles. The number of hydrogen-bond donors (Lipinski definition) is 1. The van der Waals surface area contributed by atoms with Gasteiger partial charge < -0.3 is 9.73 Å². The number of amides is 1. The Morgan fingerprint density at radius 2 is 2.06 bits per heavy atom. The van der Waals surface area contributed by atoms with Crippen LogP contribution in [0.15, 0.2) is 41.2 Å². The average Bonchev–Trinajstić information content (AvgIpc) is 3.44. The van der Waals surface area contributed by atoms with Crippen LogP contribution in [0.3, 0.4) is 0 Å². The van der Waals surface area contributed by atoms with E-state index in [0.717, 1.165) is 40.9 Å². The Kier molecular flexibility index (Phi) is 5.42. The molecule has 0 spiro atoms. The van der Waals surface area contributed by atoms with Crippen LogP contribution in [-0.2, 0) is 0 Å². The summed E-state index contributed by atoms with van der Waals surface area (Å²) in [4.78, 5) is 25.3. The van der Waals surface area contributed by atoms with Gasteiger partial charge in [0, 0.05) is 30.4 Å². The van der Waals surface area contributed by atoms with Gasteiger partial charge in [-0.1, -0.05) is 0 Å². The molecular formula is C22H22N6O2S. The zero-order valence-corrected chi connectivity index (χ0v) is 17.9. The fourth-order valence-electron chi connectivity index (χ4n) is 4.05. The first-order chi connectivity index (χ1) is 15.2. The van der Waals surface area contributed by atoms with Crippen molar-refractivity contribution in [3.05, 3.63) is 53.3 Å². The lowest BCUT2D eigenvalue weighted by Gasteiger charge is -2.26. The zero-order valence-electron chi connectivity index (χ0n) is 17.1. The molecule has 0 radical (unpaired) electrons. The van der Waals surface area contributed by atoms with Gasteiger partial charge in [-0.3, -0.25) is 9.78 Å². The van der Waals surface area contributed by atoms with E-state index in [4.69, 9.17) is 4.42 Å². The largest absolute Gasteiger partial charge is 0.419 e. The van der Waals surface area contributed by atoms with Crippen molar-refractivity contribution in [3.63, 3.8) is 0 Å². The van der Waals surface area contributed by atoms with Gasteiger partial charge in [0.25, 0.3) is 11.8 Å². The summed E-state index contributed by atoms with van der Waals surface area (Å²) in [7, 11) is 0. The van der Waals surface area contributed by atoms with Crippen LogP contribution in [0.25, 0.3) is 21.8 Å². The number of fused-ring (bicyclic) bond motifs is 1. The maximum atomic E-state index is 12.6. The molecule has 1 amide bonds. The molecule has 1 aromatic carbocycles. The molecule has 1 aliphatic carbocycles. The van der Waals surface area contributed by atoms with E-state index < -0.39 is 0 Å². The van der Waals surface area contributed by atoms with Gasteiger partial charge in [-0.25, -0.2) is 9.97 Å². The Morgan fingerprint density at radius 3 is 2.87 bits per heavy atom. The number of carbonyl (C=O) groups excluding carboxylic acids is 1. The summed E-state index contributed by atoms with van der Waals surface area (Å²) in [5.74, 6) is 1.75. The number of nitrogens with zero attached hydrogens (tertiary/aromatic N) is 5. The van der Waals surface area contributed by atoms with Gasteiger partial charge in [-0.05, 0) is 56.7 Å². The Labute approximate surface area is 183 Å². The van der Waals surface area contributed by atoms with Crippen molar-refractivity contribution in [2.45, 2.75) is 38.5 Å². The molecule has 3 aromatic heterocycles. The van der Waals surface area contributed by atoms with Gasteiger partial charge in [0.2, 0.25) is 5.89 Å². The SMILES string of the molecule is Cc1nc2ccc(C(=O)NCC3CCC(c4nnc(-c5cnccn5)o4)CC3)cc2s1. The molecule has 0 bridgehead atoms. The number of aryl methyl sites for hydroxylation is 1. The predicted molar refractivity (Wildman–Crippen MR) is 117 cm³/mol. The van der Waals surface area contributed by atoms with Crippen LogP contribution in [0.4, 0.5) is 0 Å². The van der Waals surface area contributed by atoms with Crippen molar-refractivity contribution in [1.82, 2.24) is 30.5 Å². The number of hydrogen-bond acceptors (Lipinski definition) is 8. The lowest BCUT2D eigenvalue weighted by Crippen LogP contribution is -2.31. The van der Waals surface area contributed by atoms with Gasteiger partial charge in [0.05, 0.1) is 21.4 Å². The molecule has 1 aliphatic rings. The first-order valence-electron chi connectivity index (χ1n) is 10.4. The second kappa shape index (κ2) is 8.50. The van der Waals surface area contributed by atoms with Crippen molar-refractivity contribution < 1.29 is 9.21 Å². The van der Waals surface area contributed by atoms with Crippen molar-refractivity contribution in [2.75, 3.05) is 6.54 Å². The summed E-state index contributed by atoms with van der Waals surface area (Å²) in [6.45, 7) is 2.66. The number of thiazole rings is 1. The van der Waals surface area contributed by atoms with Crippen LogP contribution in [0.2, 0.25) is 0 Å². The predicted octanol–water partition coefficient (Wildman–Crippen LogP) is 4.15. The third-order valence-electron chi connectivity index (χ3n) is 5.73. The molecule has 0 unspecified atom stereocenters. The standard InChI is InChI=1S/C22H22N6O2S/c1-13-26-17-7-6-16(10-19(17)31-13)20(29)25-11-14-2-4-15(5-3-14)21-27-28-22(30-21)18-12-23-8-9-24-18/h6-10,12,14-15H,2-5,11H2,1H3,(H,25,29). The molecule has 0 saturated heterocycles. The van der Waals surface area contributed by atoms with Gasteiger partial charge in [0.15, 0.2) is 0 Å². The van der Waals surface area contributed by atoms with Crippen LogP contribution in [0, 0.1) is 12.8 Å². The highest BCUT2D eigenvalue weighted by Gasteiger charge is 2.27. The third kappa shape index (κ3) is 4.32. The first-order valence-corrected chi connectivity index (χ1v) is 11.2. The number of carbonyl (C=O) groups is 1. The molecule has 1 fully saturated rings. The topological polar surface area (TPSA) is 107 Å². The van der Waals surface area contributed by atoms with Gasteiger partial charge in [-0.2, -0.15) is 0 Å². The molecule has 0 aliphatic heterocycles. The molecular weight excluding hydrogens is 412 g/mol. The normalized spacial score (nSPS) is 18.9. The second-order valence-corrected chi connectivity index (χ2v) is 9.11. The second-order valence-electron chi connectivity index (χ2n) is 7.88. The first kappa shape index (κ1) is 19.7. The molecule has 1 N–H and O–H groups in total. The minimum atomic E-state index is -0.0272. The Morgan fingerprint density at radius 1 is 1.19 bits per heavy atom. The third-order valence-corrected chi connectivity index (χ3v) is 6.66. The maximum absolute atomic E-state index is 12.6. The van der Waals surface area contributed by atoms with E-state index in [1.807, 2.05) is 25.1 Å². The molecule has 9 heteroatoms. The molecule has 4 aromatic rings. The Bertz CT molecular complexity index is 1200. The lowest BCUT2D eigenvalue weighted by molar-refractivity contribution is 0.0942. The van der Waals surface area contributed by atoms with Crippen molar-refractivity contribution in [2.24, 2.45) is 5.92 Å². The van der Waals surface area contributed by atoms with Crippen molar-refractivity contribution in [3.8, 4) is 11.6 Å². The van der Waals surface area contributed by atoms with Crippen LogP contribution in [0.1, 0.15) is 52.9 Å². The smallest absolute Gasteiger partial charge is 0.267 e. The number of nitrogens with one attached hydrogen (secondary N) is 1. The van der Waals surface area contributed by atoms with E-state index in [0.29, 0.717) is 35.5 Å². The highest BCUT2D eigenvalue weighted by atomic mass is 32.1. The summed E-state index contributed by atoms with van der Waals surface area (Å²) in [5.41, 5.74) is 2.22. The maximum Gasteiger partial charge on any atom is 0.267 e. The molecule has 31 heavy (non-hydrogen) atoms. The number of rotatable bonds is 5. The van der Waals surface area contributed by atoms with Gasteiger partial charge in [0.1, 0.15) is 5.69 Å². The molecule has 158 valence electrons. The van der Waals surface area contributed by atoms with Crippen molar-refractivity contribution >= 4 is 27.5 Å².